The number of ether oxygens (including phenoxy) is 1. The molecule has 0 amide bonds. The van der Waals surface area contributed by atoms with Crippen LogP contribution < -0.4 is 10.5 Å². The SMILES string of the molecule is N#Cc1ccc(O[C@H]2CN(S(=O)(=O)c3ccc(Cl)cn3)C[C@@]2(O)CN)cc1F. The summed E-state index contributed by atoms with van der Waals surface area (Å²) < 4.78 is 46.0. The highest BCUT2D eigenvalue weighted by Crippen LogP contribution is 2.30. The number of nitrogens with two attached hydrogens (primary N) is 1. The van der Waals surface area contributed by atoms with Gasteiger partial charge in [-0.1, -0.05) is 11.6 Å². The van der Waals surface area contributed by atoms with Crippen molar-refractivity contribution >= 4 is 21.6 Å². The van der Waals surface area contributed by atoms with Gasteiger partial charge in [-0.05, 0) is 24.3 Å². The van der Waals surface area contributed by atoms with Gasteiger partial charge in [0.05, 0.1) is 17.1 Å². The first-order valence-corrected chi connectivity index (χ1v) is 9.92. The number of nitrogens with zero attached hydrogens (tertiary/aromatic N) is 3. The second-order valence-electron chi connectivity index (χ2n) is 6.28. The molecule has 3 N–H and O–H groups in total. The van der Waals surface area contributed by atoms with Crippen LogP contribution in [-0.4, -0.2) is 54.2 Å². The van der Waals surface area contributed by atoms with Gasteiger partial charge in [0.1, 0.15) is 29.3 Å². The number of hydrogen-bond donors (Lipinski definition) is 2. The van der Waals surface area contributed by atoms with Crippen molar-refractivity contribution < 1.29 is 22.7 Å². The molecule has 1 aliphatic heterocycles. The molecule has 11 heteroatoms. The Hall–Kier alpha value is -2.29. The van der Waals surface area contributed by atoms with Crippen LogP contribution >= 0.6 is 11.6 Å². The summed E-state index contributed by atoms with van der Waals surface area (Å²) in [4.78, 5) is 3.81. The minimum atomic E-state index is -4.03. The second-order valence-corrected chi connectivity index (χ2v) is 8.60. The van der Waals surface area contributed by atoms with Crippen molar-refractivity contribution in [2.45, 2.75) is 16.7 Å². The molecule has 0 bridgehead atoms. The third-order valence-electron chi connectivity index (χ3n) is 4.42. The lowest BCUT2D eigenvalue weighted by Gasteiger charge is -2.27. The number of nitriles is 1. The highest BCUT2D eigenvalue weighted by molar-refractivity contribution is 7.89. The topological polar surface area (TPSA) is 130 Å². The fourth-order valence-corrected chi connectivity index (χ4v) is 4.35. The summed E-state index contributed by atoms with van der Waals surface area (Å²) in [5.74, 6) is -0.749. The van der Waals surface area contributed by atoms with Gasteiger partial charge in [-0.25, -0.2) is 17.8 Å². The van der Waals surface area contributed by atoms with Crippen LogP contribution in [-0.2, 0) is 10.0 Å². The van der Waals surface area contributed by atoms with Crippen LogP contribution in [0.25, 0.3) is 0 Å². The number of sulfonamides is 1. The first-order chi connectivity index (χ1) is 13.2. The Bertz CT molecular complexity index is 1030. The van der Waals surface area contributed by atoms with Gasteiger partial charge in [-0.2, -0.15) is 9.57 Å². The molecule has 1 aliphatic rings. The number of aromatic nitrogens is 1. The lowest BCUT2D eigenvalue weighted by Crippen LogP contribution is -2.50. The molecule has 28 heavy (non-hydrogen) atoms. The summed E-state index contributed by atoms with van der Waals surface area (Å²) in [6.45, 7) is -0.821. The molecule has 3 rings (SSSR count). The van der Waals surface area contributed by atoms with E-state index in [-0.39, 0.29) is 41.0 Å². The maximum absolute atomic E-state index is 13.8. The zero-order valence-electron chi connectivity index (χ0n) is 14.4. The zero-order chi connectivity index (χ0) is 20.5. The number of halogens is 2. The van der Waals surface area contributed by atoms with E-state index in [0.717, 1.165) is 10.4 Å². The molecule has 8 nitrogen and oxygen atoms in total. The van der Waals surface area contributed by atoms with Gasteiger partial charge in [-0.3, -0.25) is 0 Å². The first-order valence-electron chi connectivity index (χ1n) is 8.10. The highest BCUT2D eigenvalue weighted by atomic mass is 35.5. The molecule has 1 aromatic carbocycles. The van der Waals surface area contributed by atoms with Gasteiger partial charge < -0.3 is 15.6 Å². The van der Waals surface area contributed by atoms with E-state index in [2.05, 4.69) is 4.98 Å². The van der Waals surface area contributed by atoms with Gasteiger partial charge in [0.2, 0.25) is 0 Å². The fourth-order valence-electron chi connectivity index (χ4n) is 2.82. The van der Waals surface area contributed by atoms with E-state index in [0.29, 0.717) is 0 Å². The molecule has 0 spiro atoms. The molecule has 0 saturated carbocycles. The van der Waals surface area contributed by atoms with E-state index in [1.807, 2.05) is 0 Å². The highest BCUT2D eigenvalue weighted by Gasteiger charge is 2.50. The summed E-state index contributed by atoms with van der Waals surface area (Å²) >= 11 is 5.74. The molecule has 2 heterocycles. The largest absolute Gasteiger partial charge is 0.486 e. The monoisotopic (exact) mass is 426 g/mol. The van der Waals surface area contributed by atoms with Crippen LogP contribution in [0, 0.1) is 17.1 Å². The minimum absolute atomic E-state index is 0.0391. The van der Waals surface area contributed by atoms with Crippen LogP contribution in [0.4, 0.5) is 4.39 Å². The molecule has 1 saturated heterocycles. The molecule has 1 aromatic heterocycles. The Labute approximate surface area is 166 Å². The summed E-state index contributed by atoms with van der Waals surface area (Å²) in [5.41, 5.74) is 3.80. The van der Waals surface area contributed by atoms with Gasteiger partial charge in [0.15, 0.2) is 5.03 Å². The van der Waals surface area contributed by atoms with Crippen molar-refractivity contribution in [1.82, 2.24) is 9.29 Å². The number of β-amino-alcohol motifs (C(OH)–C–C–N with tert-alkyl or cyclic N) is 1. The predicted molar refractivity (Wildman–Crippen MR) is 97.5 cm³/mol. The standard InChI is InChI=1S/C17H16ClFN4O4S/c18-12-2-4-16(22-7-12)28(25,26)23-8-15(17(24,9-21)10-23)27-13-3-1-11(6-20)14(19)5-13/h1-5,7,15,24H,8-10,21H2/t15-,17-/m0/s1. The van der Waals surface area contributed by atoms with E-state index >= 15 is 0 Å². The summed E-state index contributed by atoms with van der Waals surface area (Å²) in [6, 6.07) is 7.91. The lowest BCUT2D eigenvalue weighted by atomic mass is 10.0. The molecule has 0 aliphatic carbocycles. The molecular formula is C17H16ClFN4O4S. The Morgan fingerprint density at radius 2 is 2.21 bits per heavy atom. The van der Waals surface area contributed by atoms with Crippen LogP contribution in [0.1, 0.15) is 5.56 Å². The van der Waals surface area contributed by atoms with Crippen molar-refractivity contribution in [2.75, 3.05) is 19.6 Å². The minimum Gasteiger partial charge on any atom is -0.486 e. The normalized spacial score (nSPS) is 22.8. The van der Waals surface area contributed by atoms with E-state index in [1.165, 1.54) is 30.5 Å². The second kappa shape index (κ2) is 7.62. The molecule has 1 fully saturated rings. The van der Waals surface area contributed by atoms with Crippen molar-refractivity contribution in [3.63, 3.8) is 0 Å². The van der Waals surface area contributed by atoms with E-state index in [4.69, 9.17) is 27.3 Å². The third kappa shape index (κ3) is 3.80. The van der Waals surface area contributed by atoms with Crippen LogP contribution in [0.5, 0.6) is 5.75 Å². The van der Waals surface area contributed by atoms with Crippen LogP contribution in [0.3, 0.4) is 0 Å². The van der Waals surface area contributed by atoms with E-state index in [1.54, 1.807) is 6.07 Å². The quantitative estimate of drug-likeness (QED) is 0.726. The Morgan fingerprint density at radius 1 is 1.46 bits per heavy atom. The van der Waals surface area contributed by atoms with Gasteiger partial charge >= 0.3 is 0 Å². The molecular weight excluding hydrogens is 411 g/mol. The fraction of sp³-hybridized carbons (Fsp3) is 0.294. The molecule has 2 atom stereocenters. The molecule has 0 radical (unpaired) electrons. The summed E-state index contributed by atoms with van der Waals surface area (Å²) in [5, 5.41) is 19.6. The van der Waals surface area contributed by atoms with Crippen molar-refractivity contribution in [3.8, 4) is 11.8 Å². The number of rotatable bonds is 5. The number of benzene rings is 1. The molecule has 0 unspecified atom stereocenters. The van der Waals surface area contributed by atoms with Crippen molar-refractivity contribution in [2.24, 2.45) is 5.73 Å². The van der Waals surface area contributed by atoms with Gasteiger partial charge in [0, 0.05) is 25.4 Å². The summed E-state index contributed by atoms with van der Waals surface area (Å²) in [6.07, 6.45) is 0.152. The Morgan fingerprint density at radius 3 is 2.79 bits per heavy atom. The maximum Gasteiger partial charge on any atom is 0.260 e. The van der Waals surface area contributed by atoms with Gasteiger partial charge in [0.25, 0.3) is 10.0 Å². The number of aliphatic hydroxyl groups is 1. The molecule has 148 valence electrons. The van der Waals surface area contributed by atoms with Crippen LogP contribution in [0.15, 0.2) is 41.6 Å². The maximum atomic E-state index is 13.8. The average molecular weight is 427 g/mol. The van der Waals surface area contributed by atoms with Crippen LogP contribution in [0.2, 0.25) is 5.02 Å². The Kier molecular flexibility index (Phi) is 5.56. The number of pyridine rings is 1. The zero-order valence-corrected chi connectivity index (χ0v) is 16.0. The van der Waals surface area contributed by atoms with Crippen molar-refractivity contribution in [1.29, 1.82) is 5.26 Å². The predicted octanol–water partition coefficient (Wildman–Crippen LogP) is 0.887. The average Bonchev–Trinajstić information content (AvgIpc) is 3.00. The smallest absolute Gasteiger partial charge is 0.260 e. The first kappa shape index (κ1) is 20.4. The Balaban J connectivity index is 1.86. The lowest BCUT2D eigenvalue weighted by molar-refractivity contribution is -0.0201. The van der Waals surface area contributed by atoms with E-state index in [9.17, 15) is 17.9 Å². The third-order valence-corrected chi connectivity index (χ3v) is 6.37. The van der Waals surface area contributed by atoms with E-state index < -0.39 is 27.5 Å². The van der Waals surface area contributed by atoms with Crippen molar-refractivity contribution in [3.05, 3.63) is 52.9 Å². The van der Waals surface area contributed by atoms with Gasteiger partial charge in [-0.15, -0.1) is 0 Å². The number of hydrogen-bond acceptors (Lipinski definition) is 7. The summed E-state index contributed by atoms with van der Waals surface area (Å²) in [7, 11) is -4.03. The molecule has 2 aromatic rings.